The minimum atomic E-state index is 0.0705. The lowest BCUT2D eigenvalue weighted by molar-refractivity contribution is 0.287. The molecule has 0 spiro atoms. The summed E-state index contributed by atoms with van der Waals surface area (Å²) in [6.45, 7) is 4.87. The smallest absolute Gasteiger partial charge is 0.243 e. The number of hydrogen-bond acceptors (Lipinski definition) is 6. The first-order chi connectivity index (χ1) is 10.2. The number of fused-ring (bicyclic) bond motifs is 1. The van der Waals surface area contributed by atoms with E-state index in [0.717, 1.165) is 36.9 Å². The van der Waals surface area contributed by atoms with E-state index >= 15 is 0 Å². The molecule has 0 amide bonds. The topological polar surface area (TPSA) is 81.7 Å². The fourth-order valence-electron chi connectivity index (χ4n) is 2.93. The third-order valence-corrected chi connectivity index (χ3v) is 4.22. The van der Waals surface area contributed by atoms with Gasteiger partial charge in [-0.05, 0) is 33.1 Å². The molecule has 1 aliphatic carbocycles. The lowest BCUT2D eigenvalue weighted by atomic mass is 10.1. The molecule has 21 heavy (non-hydrogen) atoms. The third-order valence-electron chi connectivity index (χ3n) is 4.22. The van der Waals surface area contributed by atoms with Gasteiger partial charge in [0.15, 0.2) is 5.82 Å². The molecule has 2 aliphatic rings. The van der Waals surface area contributed by atoms with Gasteiger partial charge in [0, 0.05) is 18.4 Å². The Balaban J connectivity index is 1.41. The fourth-order valence-corrected chi connectivity index (χ4v) is 2.93. The molecule has 2 aromatic rings. The van der Waals surface area contributed by atoms with Crippen LogP contribution < -0.4 is 5.32 Å². The van der Waals surface area contributed by atoms with Crippen molar-refractivity contribution in [3.05, 3.63) is 23.4 Å². The second-order valence-electron chi connectivity index (χ2n) is 6.15. The Morgan fingerprint density at radius 2 is 2.14 bits per heavy atom. The molecule has 0 aromatic carbocycles. The Labute approximate surface area is 123 Å². The summed E-state index contributed by atoms with van der Waals surface area (Å²) in [4.78, 5) is 8.95. The van der Waals surface area contributed by atoms with Crippen LogP contribution in [0.5, 0.6) is 0 Å². The van der Waals surface area contributed by atoms with Crippen molar-refractivity contribution in [2.24, 2.45) is 0 Å². The average Bonchev–Trinajstić information content (AvgIpc) is 3.06. The van der Waals surface area contributed by atoms with Gasteiger partial charge in [-0.25, -0.2) is 9.67 Å². The van der Waals surface area contributed by atoms with Crippen molar-refractivity contribution in [3.63, 3.8) is 0 Å². The van der Waals surface area contributed by atoms with Gasteiger partial charge < -0.3 is 9.84 Å². The van der Waals surface area contributed by atoms with Crippen LogP contribution in [0.2, 0.25) is 0 Å². The van der Waals surface area contributed by atoms with Crippen LogP contribution in [0.25, 0.3) is 0 Å². The SMILES string of the molecule is Cc1nc2n(n1)C[C@H](N[C@H](C)c1nc(C3CC3)no1)CC2. The van der Waals surface area contributed by atoms with E-state index in [1.807, 2.05) is 11.6 Å². The van der Waals surface area contributed by atoms with Gasteiger partial charge in [0.05, 0.1) is 12.6 Å². The predicted octanol–water partition coefficient (Wildman–Crippen LogP) is 1.51. The number of aryl methyl sites for hydroxylation is 2. The molecule has 7 heteroatoms. The maximum absolute atomic E-state index is 5.38. The van der Waals surface area contributed by atoms with E-state index in [-0.39, 0.29) is 6.04 Å². The number of rotatable bonds is 4. The Morgan fingerprint density at radius 1 is 1.29 bits per heavy atom. The summed E-state index contributed by atoms with van der Waals surface area (Å²) in [5, 5.41) is 12.1. The largest absolute Gasteiger partial charge is 0.338 e. The van der Waals surface area contributed by atoms with Crippen molar-refractivity contribution < 1.29 is 4.52 Å². The zero-order valence-corrected chi connectivity index (χ0v) is 12.4. The van der Waals surface area contributed by atoms with Gasteiger partial charge in [-0.1, -0.05) is 5.16 Å². The second kappa shape index (κ2) is 4.91. The molecular weight excluding hydrogens is 268 g/mol. The standard InChI is InChI=1S/C14H20N6O/c1-8(14-17-13(19-21-14)10-3-4-10)15-11-5-6-12-16-9(2)18-20(12)7-11/h8,10-11,15H,3-7H2,1-2H3/t8-,11-/m1/s1. The molecule has 2 aromatic heterocycles. The van der Waals surface area contributed by atoms with Crippen molar-refractivity contribution in [3.8, 4) is 0 Å². The molecule has 1 fully saturated rings. The van der Waals surface area contributed by atoms with Gasteiger partial charge >= 0.3 is 0 Å². The molecule has 0 saturated heterocycles. The highest BCUT2D eigenvalue weighted by Gasteiger charge is 2.30. The summed E-state index contributed by atoms with van der Waals surface area (Å²) in [6.07, 6.45) is 4.41. The maximum atomic E-state index is 5.38. The van der Waals surface area contributed by atoms with E-state index in [9.17, 15) is 0 Å². The van der Waals surface area contributed by atoms with E-state index in [1.54, 1.807) is 0 Å². The summed E-state index contributed by atoms with van der Waals surface area (Å²) in [5.41, 5.74) is 0. The first-order valence-corrected chi connectivity index (χ1v) is 7.69. The number of nitrogens with one attached hydrogen (secondary N) is 1. The van der Waals surface area contributed by atoms with E-state index in [4.69, 9.17) is 4.52 Å². The summed E-state index contributed by atoms with van der Waals surface area (Å²) in [7, 11) is 0. The Morgan fingerprint density at radius 3 is 2.95 bits per heavy atom. The van der Waals surface area contributed by atoms with Gasteiger partial charge in [-0.3, -0.25) is 0 Å². The van der Waals surface area contributed by atoms with Crippen molar-refractivity contribution in [2.75, 3.05) is 0 Å². The van der Waals surface area contributed by atoms with E-state index in [2.05, 4.69) is 32.5 Å². The van der Waals surface area contributed by atoms with E-state index in [0.29, 0.717) is 17.9 Å². The highest BCUT2D eigenvalue weighted by atomic mass is 16.5. The van der Waals surface area contributed by atoms with E-state index in [1.165, 1.54) is 12.8 Å². The minimum Gasteiger partial charge on any atom is -0.338 e. The van der Waals surface area contributed by atoms with E-state index < -0.39 is 0 Å². The average molecular weight is 288 g/mol. The van der Waals surface area contributed by atoms with Crippen LogP contribution >= 0.6 is 0 Å². The molecule has 0 radical (unpaired) electrons. The minimum absolute atomic E-state index is 0.0705. The Kier molecular flexibility index (Phi) is 3.02. The lowest BCUT2D eigenvalue weighted by Crippen LogP contribution is -2.39. The number of nitrogens with zero attached hydrogens (tertiary/aromatic N) is 5. The third kappa shape index (κ3) is 2.57. The first-order valence-electron chi connectivity index (χ1n) is 7.69. The molecule has 4 rings (SSSR count). The van der Waals surface area contributed by atoms with Crippen molar-refractivity contribution in [1.82, 2.24) is 30.2 Å². The van der Waals surface area contributed by atoms with Gasteiger partial charge in [-0.2, -0.15) is 10.1 Å². The molecule has 7 nitrogen and oxygen atoms in total. The van der Waals surface area contributed by atoms with Gasteiger partial charge in [0.1, 0.15) is 11.6 Å². The zero-order valence-electron chi connectivity index (χ0n) is 12.4. The Bertz CT molecular complexity index is 644. The van der Waals surface area contributed by atoms with Crippen LogP contribution in [0.15, 0.2) is 4.52 Å². The molecule has 1 saturated carbocycles. The van der Waals surface area contributed by atoms with Crippen molar-refractivity contribution in [2.45, 2.75) is 64.1 Å². The maximum Gasteiger partial charge on any atom is 0.243 e. The van der Waals surface area contributed by atoms with Crippen LogP contribution in [-0.4, -0.2) is 30.9 Å². The van der Waals surface area contributed by atoms with Crippen LogP contribution in [0.3, 0.4) is 0 Å². The first kappa shape index (κ1) is 12.9. The van der Waals surface area contributed by atoms with Gasteiger partial charge in [0.2, 0.25) is 5.89 Å². The highest BCUT2D eigenvalue weighted by Crippen LogP contribution is 2.38. The second-order valence-corrected chi connectivity index (χ2v) is 6.15. The molecule has 1 N–H and O–H groups in total. The summed E-state index contributed by atoms with van der Waals surface area (Å²) in [5.74, 6) is 4.04. The summed E-state index contributed by atoms with van der Waals surface area (Å²) in [6, 6.07) is 0.436. The van der Waals surface area contributed by atoms with Gasteiger partial charge in [-0.15, -0.1) is 0 Å². The number of hydrogen-bond donors (Lipinski definition) is 1. The number of aromatic nitrogens is 5. The molecule has 1 aliphatic heterocycles. The fraction of sp³-hybridized carbons (Fsp3) is 0.714. The molecule has 0 bridgehead atoms. The summed E-state index contributed by atoms with van der Waals surface area (Å²) >= 11 is 0. The van der Waals surface area contributed by atoms with Crippen LogP contribution in [0, 0.1) is 6.92 Å². The van der Waals surface area contributed by atoms with Crippen molar-refractivity contribution in [1.29, 1.82) is 0 Å². The van der Waals surface area contributed by atoms with Crippen LogP contribution in [-0.2, 0) is 13.0 Å². The van der Waals surface area contributed by atoms with Crippen LogP contribution in [0.1, 0.15) is 61.5 Å². The molecule has 3 heterocycles. The monoisotopic (exact) mass is 288 g/mol. The van der Waals surface area contributed by atoms with Gasteiger partial charge in [0.25, 0.3) is 0 Å². The summed E-state index contributed by atoms with van der Waals surface area (Å²) < 4.78 is 7.39. The van der Waals surface area contributed by atoms with Crippen molar-refractivity contribution >= 4 is 0 Å². The predicted molar refractivity (Wildman–Crippen MR) is 74.7 cm³/mol. The lowest BCUT2D eigenvalue weighted by Gasteiger charge is -2.25. The quantitative estimate of drug-likeness (QED) is 0.918. The zero-order chi connectivity index (χ0) is 14.4. The molecule has 112 valence electrons. The van der Waals surface area contributed by atoms with Crippen LogP contribution in [0.4, 0.5) is 0 Å². The Hall–Kier alpha value is -1.76. The molecule has 2 atom stereocenters. The highest BCUT2D eigenvalue weighted by molar-refractivity contribution is 5.05. The molecular formula is C14H20N6O. The normalized spacial score (nSPS) is 23.0. The molecule has 0 unspecified atom stereocenters.